The Morgan fingerprint density at radius 2 is 1.77 bits per heavy atom. The number of furan rings is 1. The van der Waals surface area contributed by atoms with Crippen LogP contribution in [0.1, 0.15) is 46.4 Å². The van der Waals surface area contributed by atoms with Crippen LogP contribution in [0.2, 0.25) is 0 Å². The molecule has 1 unspecified atom stereocenters. The van der Waals surface area contributed by atoms with Crippen LogP contribution in [0, 0.1) is 18.3 Å². The van der Waals surface area contributed by atoms with Crippen LogP contribution in [0.25, 0.3) is 11.1 Å². The SMILES string of the molecule is Cc1cc(O)cc2c1C(C)C(c1ccc(O)cc1)=C2c1occc1C#N. The summed E-state index contributed by atoms with van der Waals surface area (Å²) >= 11 is 0. The number of nitrogens with zero attached hydrogens (tertiary/aromatic N) is 1. The van der Waals surface area contributed by atoms with Gasteiger partial charge in [0.1, 0.15) is 17.6 Å². The predicted octanol–water partition coefficient (Wildman–Crippen LogP) is 4.95. The maximum atomic E-state index is 10.1. The Morgan fingerprint density at radius 3 is 2.46 bits per heavy atom. The summed E-state index contributed by atoms with van der Waals surface area (Å²) in [6, 6.07) is 14.3. The standard InChI is InChI=1S/C22H17NO3/c1-12-9-17(25)10-18-19(12)13(2)20(14-3-5-16(24)6-4-14)21(18)22-15(11-23)7-8-26-22/h3-10,13,24-25H,1-2H3. The first-order chi connectivity index (χ1) is 12.5. The molecular weight excluding hydrogens is 326 g/mol. The van der Waals surface area contributed by atoms with Crippen molar-refractivity contribution >= 4 is 11.1 Å². The Labute approximate surface area is 151 Å². The molecule has 0 amide bonds. The first-order valence-electron chi connectivity index (χ1n) is 8.36. The lowest BCUT2D eigenvalue weighted by Gasteiger charge is -2.14. The van der Waals surface area contributed by atoms with Gasteiger partial charge in [-0.1, -0.05) is 19.1 Å². The number of allylic oxidation sites excluding steroid dienone is 1. The molecule has 4 nitrogen and oxygen atoms in total. The highest BCUT2D eigenvalue weighted by molar-refractivity contribution is 6.05. The zero-order valence-electron chi connectivity index (χ0n) is 14.4. The minimum atomic E-state index is 0.0572. The molecule has 128 valence electrons. The van der Waals surface area contributed by atoms with E-state index < -0.39 is 0 Å². The maximum absolute atomic E-state index is 10.1. The van der Waals surface area contributed by atoms with Crippen LogP contribution in [0.3, 0.4) is 0 Å². The third-order valence-corrected chi connectivity index (χ3v) is 4.97. The monoisotopic (exact) mass is 343 g/mol. The molecule has 26 heavy (non-hydrogen) atoms. The maximum Gasteiger partial charge on any atom is 0.152 e. The molecule has 1 heterocycles. The lowest BCUT2D eigenvalue weighted by Crippen LogP contribution is -1.96. The van der Waals surface area contributed by atoms with E-state index in [1.54, 1.807) is 30.3 Å². The van der Waals surface area contributed by atoms with Crippen molar-refractivity contribution in [3.8, 4) is 17.6 Å². The molecule has 1 aromatic heterocycles. The van der Waals surface area contributed by atoms with E-state index in [2.05, 4.69) is 13.0 Å². The van der Waals surface area contributed by atoms with E-state index in [4.69, 9.17) is 4.42 Å². The van der Waals surface area contributed by atoms with E-state index in [-0.39, 0.29) is 17.4 Å². The van der Waals surface area contributed by atoms with Crippen molar-refractivity contribution < 1.29 is 14.6 Å². The van der Waals surface area contributed by atoms with E-state index in [0.717, 1.165) is 33.4 Å². The number of benzene rings is 2. The summed E-state index contributed by atoms with van der Waals surface area (Å²) in [5.74, 6) is 0.944. The van der Waals surface area contributed by atoms with Gasteiger partial charge in [0.2, 0.25) is 0 Å². The summed E-state index contributed by atoms with van der Waals surface area (Å²) in [6.07, 6.45) is 1.51. The molecule has 4 heteroatoms. The van der Waals surface area contributed by atoms with Crippen LogP contribution >= 0.6 is 0 Å². The van der Waals surface area contributed by atoms with Gasteiger partial charge < -0.3 is 14.6 Å². The van der Waals surface area contributed by atoms with E-state index in [0.29, 0.717) is 11.3 Å². The van der Waals surface area contributed by atoms with Gasteiger partial charge in [-0.3, -0.25) is 0 Å². The van der Waals surface area contributed by atoms with Crippen LogP contribution < -0.4 is 0 Å². The Kier molecular flexibility index (Phi) is 3.59. The molecule has 0 spiro atoms. The number of aryl methyl sites for hydroxylation is 1. The summed E-state index contributed by atoms with van der Waals surface area (Å²) in [4.78, 5) is 0. The molecule has 0 saturated heterocycles. The van der Waals surface area contributed by atoms with E-state index in [1.165, 1.54) is 6.26 Å². The Hall–Kier alpha value is -3.45. The molecule has 1 atom stereocenters. The van der Waals surface area contributed by atoms with Gasteiger partial charge in [-0.2, -0.15) is 5.26 Å². The molecule has 0 bridgehead atoms. The number of hydrogen-bond acceptors (Lipinski definition) is 4. The molecule has 2 aromatic carbocycles. The van der Waals surface area contributed by atoms with Crippen LogP contribution in [-0.2, 0) is 0 Å². The molecule has 0 radical (unpaired) electrons. The van der Waals surface area contributed by atoms with Crippen LogP contribution in [0.5, 0.6) is 11.5 Å². The lowest BCUT2D eigenvalue weighted by molar-refractivity contribution is 0.474. The van der Waals surface area contributed by atoms with Gasteiger partial charge in [0, 0.05) is 11.5 Å². The smallest absolute Gasteiger partial charge is 0.152 e. The first kappa shape index (κ1) is 16.0. The Balaban J connectivity index is 2.08. The molecule has 0 fully saturated rings. The normalized spacial score (nSPS) is 15.8. The van der Waals surface area contributed by atoms with Crippen molar-refractivity contribution in [1.29, 1.82) is 5.26 Å². The summed E-state index contributed by atoms with van der Waals surface area (Å²) in [7, 11) is 0. The second-order valence-corrected chi connectivity index (χ2v) is 6.56. The third-order valence-electron chi connectivity index (χ3n) is 4.97. The largest absolute Gasteiger partial charge is 0.508 e. The first-order valence-corrected chi connectivity index (χ1v) is 8.36. The number of fused-ring (bicyclic) bond motifs is 1. The van der Waals surface area contributed by atoms with Crippen LogP contribution in [-0.4, -0.2) is 10.2 Å². The second-order valence-electron chi connectivity index (χ2n) is 6.56. The van der Waals surface area contributed by atoms with E-state index in [1.807, 2.05) is 19.1 Å². The second kappa shape index (κ2) is 5.82. The molecule has 0 aliphatic heterocycles. The Morgan fingerprint density at radius 1 is 1.04 bits per heavy atom. The van der Waals surface area contributed by atoms with Gasteiger partial charge in [-0.15, -0.1) is 0 Å². The highest BCUT2D eigenvalue weighted by Crippen LogP contribution is 2.52. The average molecular weight is 343 g/mol. The molecular formula is C22H17NO3. The van der Waals surface area contributed by atoms with Crippen molar-refractivity contribution in [2.75, 3.05) is 0 Å². The number of nitriles is 1. The highest BCUT2D eigenvalue weighted by atomic mass is 16.3. The zero-order valence-corrected chi connectivity index (χ0v) is 14.4. The molecule has 2 N–H and O–H groups in total. The van der Waals surface area contributed by atoms with Crippen molar-refractivity contribution in [2.45, 2.75) is 19.8 Å². The third kappa shape index (κ3) is 2.29. The quantitative estimate of drug-likeness (QED) is 0.690. The van der Waals surface area contributed by atoms with Gasteiger partial charge in [-0.25, -0.2) is 0 Å². The molecule has 3 aromatic rings. The van der Waals surface area contributed by atoms with E-state index in [9.17, 15) is 15.5 Å². The van der Waals surface area contributed by atoms with Gasteiger partial charge in [0.05, 0.1) is 11.8 Å². The molecule has 1 aliphatic rings. The number of hydrogen-bond donors (Lipinski definition) is 2. The number of rotatable bonds is 2. The number of phenols is 2. The number of phenolic OH excluding ortho intramolecular Hbond substituents is 2. The van der Waals surface area contributed by atoms with Crippen molar-refractivity contribution in [1.82, 2.24) is 0 Å². The predicted molar refractivity (Wildman–Crippen MR) is 98.7 cm³/mol. The fraction of sp³-hybridized carbons (Fsp3) is 0.136. The molecule has 1 aliphatic carbocycles. The molecule has 0 saturated carbocycles. The topological polar surface area (TPSA) is 77.4 Å². The number of aromatic hydroxyl groups is 2. The summed E-state index contributed by atoms with van der Waals surface area (Å²) in [5.41, 5.74) is 6.21. The lowest BCUT2D eigenvalue weighted by atomic mass is 9.90. The van der Waals surface area contributed by atoms with Crippen molar-refractivity contribution in [2.24, 2.45) is 0 Å². The average Bonchev–Trinajstić information content (AvgIpc) is 3.17. The van der Waals surface area contributed by atoms with Crippen molar-refractivity contribution in [3.05, 3.63) is 82.3 Å². The zero-order chi connectivity index (χ0) is 18.4. The minimum absolute atomic E-state index is 0.0572. The minimum Gasteiger partial charge on any atom is -0.508 e. The summed E-state index contributed by atoms with van der Waals surface area (Å²) in [5, 5.41) is 29.3. The summed E-state index contributed by atoms with van der Waals surface area (Å²) < 4.78 is 5.69. The summed E-state index contributed by atoms with van der Waals surface area (Å²) in [6.45, 7) is 4.08. The fourth-order valence-electron chi connectivity index (χ4n) is 3.94. The van der Waals surface area contributed by atoms with Gasteiger partial charge in [0.15, 0.2) is 5.76 Å². The molecule has 4 rings (SSSR count). The van der Waals surface area contributed by atoms with Gasteiger partial charge in [0.25, 0.3) is 0 Å². The fourth-order valence-corrected chi connectivity index (χ4v) is 3.94. The van der Waals surface area contributed by atoms with E-state index >= 15 is 0 Å². The van der Waals surface area contributed by atoms with Gasteiger partial charge in [-0.05, 0) is 65.1 Å². The van der Waals surface area contributed by atoms with Crippen LogP contribution in [0.4, 0.5) is 0 Å². The van der Waals surface area contributed by atoms with Gasteiger partial charge >= 0.3 is 0 Å². The highest BCUT2D eigenvalue weighted by Gasteiger charge is 2.34. The van der Waals surface area contributed by atoms with Crippen molar-refractivity contribution in [3.63, 3.8) is 0 Å². The van der Waals surface area contributed by atoms with Crippen LogP contribution in [0.15, 0.2) is 53.1 Å². The Bertz CT molecular complexity index is 1080.